The normalized spacial score (nSPS) is 14.3. The van der Waals surface area contributed by atoms with E-state index in [4.69, 9.17) is 9.47 Å². The molecule has 0 atom stereocenters. The largest absolute Gasteiger partial charge is 0.493 e. The van der Waals surface area contributed by atoms with Crippen LogP contribution in [0.1, 0.15) is 68.9 Å². The molecule has 0 aliphatic heterocycles. The minimum atomic E-state index is -0.278. The smallest absolute Gasteiger partial charge is 0.307 e. The van der Waals surface area contributed by atoms with E-state index in [0.29, 0.717) is 29.8 Å². The van der Waals surface area contributed by atoms with Crippen LogP contribution in [0.4, 0.5) is 0 Å². The number of H-pyrrole nitrogens is 1. The molecule has 0 radical (unpaired) electrons. The van der Waals surface area contributed by atoms with Crippen molar-refractivity contribution in [3.05, 3.63) is 63.3 Å². The topological polar surface area (TPSA) is 71.5 Å². The highest BCUT2D eigenvalue weighted by Crippen LogP contribution is 2.35. The second-order valence-electron chi connectivity index (χ2n) is 8.72. The van der Waals surface area contributed by atoms with Crippen LogP contribution in [0, 0.1) is 0 Å². The summed E-state index contributed by atoms with van der Waals surface area (Å²) in [4.78, 5) is 14.1. The molecular weight excluding hydrogens is 434 g/mol. The lowest BCUT2D eigenvalue weighted by atomic mass is 9.83. The number of aromatic amines is 1. The molecule has 0 bridgehead atoms. The zero-order valence-corrected chi connectivity index (χ0v) is 20.1. The molecule has 5 nitrogen and oxygen atoms in total. The lowest BCUT2D eigenvalue weighted by molar-refractivity contribution is 0.246. The van der Waals surface area contributed by atoms with Crippen LogP contribution in [-0.4, -0.2) is 23.3 Å². The molecule has 1 fully saturated rings. The van der Waals surface area contributed by atoms with Gasteiger partial charge in [-0.2, -0.15) is 0 Å². The lowest BCUT2D eigenvalue weighted by Crippen LogP contribution is -2.08. The van der Waals surface area contributed by atoms with E-state index in [1.54, 1.807) is 0 Å². The number of aromatic hydroxyl groups is 1. The summed E-state index contributed by atoms with van der Waals surface area (Å²) in [6.07, 6.45) is 9.61. The zero-order chi connectivity index (χ0) is 23.0. The number of aromatic nitrogens is 1. The van der Waals surface area contributed by atoms with Gasteiger partial charge in [-0.1, -0.05) is 68.2 Å². The van der Waals surface area contributed by atoms with Gasteiger partial charge in [-0.15, -0.1) is 0 Å². The molecule has 1 aliphatic rings. The third-order valence-corrected chi connectivity index (χ3v) is 7.14. The molecule has 1 aliphatic carbocycles. The molecule has 4 rings (SSSR count). The summed E-state index contributed by atoms with van der Waals surface area (Å²) in [5.41, 5.74) is 3.55. The van der Waals surface area contributed by atoms with E-state index in [-0.39, 0.29) is 10.8 Å². The first-order chi connectivity index (χ1) is 16.1. The van der Waals surface area contributed by atoms with E-state index in [0.717, 1.165) is 41.9 Å². The van der Waals surface area contributed by atoms with Gasteiger partial charge in [0.2, 0.25) is 5.88 Å². The van der Waals surface area contributed by atoms with E-state index >= 15 is 0 Å². The van der Waals surface area contributed by atoms with E-state index < -0.39 is 0 Å². The summed E-state index contributed by atoms with van der Waals surface area (Å²) >= 11 is 0.984. The van der Waals surface area contributed by atoms with E-state index in [1.807, 2.05) is 24.3 Å². The summed E-state index contributed by atoms with van der Waals surface area (Å²) in [6.45, 7) is 3.34. The molecule has 2 aromatic carbocycles. The Bertz CT molecular complexity index is 1100. The molecule has 0 spiro atoms. The Labute approximate surface area is 199 Å². The number of aryl methyl sites for hydroxylation is 1. The van der Waals surface area contributed by atoms with Crippen LogP contribution < -0.4 is 14.3 Å². The van der Waals surface area contributed by atoms with Gasteiger partial charge in [0, 0.05) is 12.0 Å². The average Bonchev–Trinajstić information content (AvgIpc) is 3.18. The number of nitrogens with one attached hydrogen (secondary N) is 1. The molecule has 33 heavy (non-hydrogen) atoms. The standard InChI is InChI=1S/C27H33NO4S/c1-2-8-21-17-20(19-9-4-3-5-10-19)13-14-24(21)32-16-7-15-31-23-12-6-11-22(18-23)25-26(29)28-27(30)33-25/h6,11-14,17-19,29H,2-5,7-10,15-16H2,1H3,(H,28,30). The fourth-order valence-corrected chi connectivity index (χ4v) is 5.29. The number of benzene rings is 2. The number of hydrogen-bond donors (Lipinski definition) is 2. The van der Waals surface area contributed by atoms with Crippen LogP contribution in [0.2, 0.25) is 0 Å². The van der Waals surface area contributed by atoms with Crippen molar-refractivity contribution < 1.29 is 14.6 Å². The number of thiazole rings is 1. The third kappa shape index (κ3) is 6.20. The van der Waals surface area contributed by atoms with E-state index in [9.17, 15) is 9.90 Å². The second kappa shape index (κ2) is 11.4. The first kappa shape index (κ1) is 23.4. The molecule has 1 heterocycles. The van der Waals surface area contributed by atoms with Crippen molar-refractivity contribution in [1.29, 1.82) is 0 Å². The number of hydrogen-bond acceptors (Lipinski definition) is 5. The lowest BCUT2D eigenvalue weighted by Gasteiger charge is -2.23. The first-order valence-electron chi connectivity index (χ1n) is 12.0. The van der Waals surface area contributed by atoms with Crippen molar-refractivity contribution in [2.45, 2.75) is 64.2 Å². The zero-order valence-electron chi connectivity index (χ0n) is 19.3. The van der Waals surface area contributed by atoms with Gasteiger partial charge >= 0.3 is 4.87 Å². The van der Waals surface area contributed by atoms with Crippen LogP contribution in [0.25, 0.3) is 10.4 Å². The summed E-state index contributed by atoms with van der Waals surface area (Å²) < 4.78 is 12.0. The van der Waals surface area contributed by atoms with Crippen LogP contribution in [0.5, 0.6) is 17.4 Å². The summed E-state index contributed by atoms with van der Waals surface area (Å²) in [6, 6.07) is 14.2. The monoisotopic (exact) mass is 467 g/mol. The second-order valence-corrected chi connectivity index (χ2v) is 9.71. The van der Waals surface area contributed by atoms with Gasteiger partial charge in [0.25, 0.3) is 0 Å². The Morgan fingerprint density at radius 1 is 1.06 bits per heavy atom. The fraction of sp³-hybridized carbons (Fsp3) is 0.444. The molecule has 0 amide bonds. The summed E-state index contributed by atoms with van der Waals surface area (Å²) in [5, 5.41) is 9.88. The molecule has 1 aromatic heterocycles. The van der Waals surface area contributed by atoms with Crippen molar-refractivity contribution in [1.82, 2.24) is 4.98 Å². The van der Waals surface area contributed by atoms with Crippen LogP contribution in [-0.2, 0) is 6.42 Å². The molecule has 0 saturated heterocycles. The predicted octanol–water partition coefficient (Wildman–Crippen LogP) is 6.66. The SMILES string of the molecule is CCCc1cc(C2CCCCC2)ccc1OCCCOc1cccc(-c2sc(=O)[nH]c2O)c1. The van der Waals surface area contributed by atoms with Crippen molar-refractivity contribution in [2.75, 3.05) is 13.2 Å². The first-order valence-corrected chi connectivity index (χ1v) is 12.9. The van der Waals surface area contributed by atoms with Gasteiger partial charge in [-0.25, -0.2) is 0 Å². The molecule has 0 unspecified atom stereocenters. The van der Waals surface area contributed by atoms with Gasteiger partial charge in [0.15, 0.2) is 0 Å². The maximum Gasteiger partial charge on any atom is 0.307 e. The Balaban J connectivity index is 1.29. The van der Waals surface area contributed by atoms with Crippen molar-refractivity contribution in [3.8, 4) is 27.8 Å². The van der Waals surface area contributed by atoms with Gasteiger partial charge in [-0.05, 0) is 54.5 Å². The Morgan fingerprint density at radius 2 is 1.88 bits per heavy atom. The highest BCUT2D eigenvalue weighted by atomic mass is 32.1. The maximum absolute atomic E-state index is 11.5. The van der Waals surface area contributed by atoms with Crippen molar-refractivity contribution in [3.63, 3.8) is 0 Å². The predicted molar refractivity (Wildman–Crippen MR) is 134 cm³/mol. The number of ether oxygens (including phenoxy) is 2. The Kier molecular flexibility index (Phi) is 8.10. The molecule has 1 saturated carbocycles. The molecule has 2 N–H and O–H groups in total. The van der Waals surface area contributed by atoms with E-state index in [1.165, 1.54) is 43.2 Å². The molecular formula is C27H33NO4S. The van der Waals surface area contributed by atoms with E-state index in [2.05, 4.69) is 30.1 Å². The number of rotatable bonds is 10. The van der Waals surface area contributed by atoms with Gasteiger partial charge in [0.1, 0.15) is 11.5 Å². The molecule has 176 valence electrons. The third-order valence-electron chi connectivity index (χ3n) is 6.22. The van der Waals surface area contributed by atoms with Crippen LogP contribution >= 0.6 is 11.3 Å². The summed E-state index contributed by atoms with van der Waals surface area (Å²) in [7, 11) is 0. The highest BCUT2D eigenvalue weighted by molar-refractivity contribution is 7.13. The highest BCUT2D eigenvalue weighted by Gasteiger charge is 2.17. The van der Waals surface area contributed by atoms with Crippen molar-refractivity contribution >= 4 is 11.3 Å². The fourth-order valence-electron chi connectivity index (χ4n) is 4.57. The maximum atomic E-state index is 11.5. The van der Waals surface area contributed by atoms with Crippen molar-refractivity contribution in [2.24, 2.45) is 0 Å². The molecule has 6 heteroatoms. The minimum Gasteiger partial charge on any atom is -0.493 e. The molecule has 3 aromatic rings. The van der Waals surface area contributed by atoms with Crippen LogP contribution in [0.15, 0.2) is 47.3 Å². The quantitative estimate of drug-likeness (QED) is 0.327. The average molecular weight is 468 g/mol. The van der Waals surface area contributed by atoms with Gasteiger partial charge < -0.3 is 14.6 Å². The van der Waals surface area contributed by atoms with Crippen LogP contribution in [0.3, 0.4) is 0 Å². The Morgan fingerprint density at radius 3 is 2.64 bits per heavy atom. The Hall–Kier alpha value is -2.73. The van der Waals surface area contributed by atoms with Gasteiger partial charge in [0.05, 0.1) is 18.1 Å². The van der Waals surface area contributed by atoms with Gasteiger partial charge in [-0.3, -0.25) is 9.78 Å². The summed E-state index contributed by atoms with van der Waals surface area (Å²) in [5.74, 6) is 2.31. The minimum absolute atomic E-state index is 0.104.